The number of carbonyl (C=O) groups excluding carboxylic acids is 1. The van der Waals surface area contributed by atoms with Crippen molar-refractivity contribution in [3.05, 3.63) is 21.9 Å². The van der Waals surface area contributed by atoms with Gasteiger partial charge in [0.1, 0.15) is 0 Å². The number of hydrogen-bond donors (Lipinski definition) is 1. The molecule has 0 fully saturated rings. The van der Waals surface area contributed by atoms with Gasteiger partial charge in [-0.3, -0.25) is 9.59 Å². The Morgan fingerprint density at radius 1 is 1.61 bits per heavy atom. The lowest BCUT2D eigenvalue weighted by Gasteiger charge is -2.27. The first-order chi connectivity index (χ1) is 8.58. The molecule has 1 unspecified atom stereocenters. The first kappa shape index (κ1) is 13.4. The highest BCUT2D eigenvalue weighted by Crippen LogP contribution is 2.24. The maximum Gasteiger partial charge on any atom is 0.316 e. The number of aliphatic carboxylic acids is 1. The summed E-state index contributed by atoms with van der Waals surface area (Å²) in [4.78, 5) is 25.8. The zero-order chi connectivity index (χ0) is 13.1. The molecule has 98 valence electrons. The van der Waals surface area contributed by atoms with Gasteiger partial charge in [0.15, 0.2) is 0 Å². The largest absolute Gasteiger partial charge is 0.480 e. The zero-order valence-corrected chi connectivity index (χ0v) is 11.7. The second-order valence-electron chi connectivity index (χ2n) is 4.23. The Balaban J connectivity index is 1.86. The summed E-state index contributed by atoms with van der Waals surface area (Å²) in [5, 5.41) is 10.3. The third kappa shape index (κ3) is 3.05. The smallest absolute Gasteiger partial charge is 0.316 e. The molecule has 0 aliphatic carbocycles. The fourth-order valence-electron chi connectivity index (χ4n) is 1.82. The average Bonchev–Trinajstić information content (AvgIpc) is 2.82. The topological polar surface area (TPSA) is 57.6 Å². The fourth-order valence-corrected chi connectivity index (χ4v) is 3.43. The molecule has 18 heavy (non-hydrogen) atoms. The predicted octanol–water partition coefficient (Wildman–Crippen LogP) is 1.84. The summed E-state index contributed by atoms with van der Waals surface area (Å²) in [5.74, 6) is -0.594. The van der Waals surface area contributed by atoms with E-state index in [1.807, 2.05) is 4.90 Å². The summed E-state index contributed by atoms with van der Waals surface area (Å²) in [6, 6.07) is 2.06. The highest BCUT2D eigenvalue weighted by atomic mass is 32.2. The molecule has 1 N–H and O–H groups in total. The Kier molecular flexibility index (Phi) is 4.29. The van der Waals surface area contributed by atoms with Crippen molar-refractivity contribution >= 4 is 35.0 Å². The number of thioether (sulfide) groups is 1. The lowest BCUT2D eigenvalue weighted by Crippen LogP contribution is -2.37. The molecule has 1 amide bonds. The molecule has 4 nitrogen and oxygen atoms in total. The normalized spacial score (nSPS) is 16.2. The van der Waals surface area contributed by atoms with Gasteiger partial charge in [0.25, 0.3) is 0 Å². The summed E-state index contributed by atoms with van der Waals surface area (Å²) in [7, 11) is 0. The molecule has 2 rings (SSSR count). The number of carboxylic acid groups (broad SMARTS) is 1. The molecule has 1 aromatic rings. The monoisotopic (exact) mass is 285 g/mol. The highest BCUT2D eigenvalue weighted by Gasteiger charge is 2.22. The van der Waals surface area contributed by atoms with Crippen LogP contribution in [-0.2, 0) is 22.6 Å². The van der Waals surface area contributed by atoms with Crippen LogP contribution in [0.15, 0.2) is 11.4 Å². The van der Waals surface area contributed by atoms with E-state index in [1.54, 1.807) is 18.3 Å². The summed E-state index contributed by atoms with van der Waals surface area (Å²) in [6.45, 7) is 3.02. The molecule has 0 saturated carbocycles. The van der Waals surface area contributed by atoms with Gasteiger partial charge in [-0.05, 0) is 30.4 Å². The van der Waals surface area contributed by atoms with Crippen molar-refractivity contribution in [2.24, 2.45) is 0 Å². The van der Waals surface area contributed by atoms with Crippen LogP contribution in [0.3, 0.4) is 0 Å². The lowest BCUT2D eigenvalue weighted by molar-refractivity contribution is -0.136. The number of carboxylic acids is 1. The van der Waals surface area contributed by atoms with E-state index in [0.29, 0.717) is 6.54 Å². The van der Waals surface area contributed by atoms with E-state index in [1.165, 1.54) is 22.2 Å². The standard InChI is InChI=1S/C12H15NO3S2/c1-8(12(15)16)18-7-11(14)13-4-2-10-9(6-13)3-5-17-10/h3,5,8H,2,4,6-7H2,1H3,(H,15,16). The summed E-state index contributed by atoms with van der Waals surface area (Å²) in [6.07, 6.45) is 0.915. The van der Waals surface area contributed by atoms with Crippen LogP contribution in [0, 0.1) is 0 Å². The summed E-state index contributed by atoms with van der Waals surface area (Å²) in [5.41, 5.74) is 1.23. The molecule has 0 spiro atoms. The minimum atomic E-state index is -0.869. The Morgan fingerprint density at radius 2 is 2.39 bits per heavy atom. The van der Waals surface area contributed by atoms with E-state index < -0.39 is 11.2 Å². The molecular weight excluding hydrogens is 270 g/mol. The Labute approximate surface area is 114 Å². The van der Waals surface area contributed by atoms with Gasteiger partial charge in [0, 0.05) is 18.0 Å². The molecule has 1 atom stereocenters. The van der Waals surface area contributed by atoms with E-state index in [4.69, 9.17) is 5.11 Å². The Morgan fingerprint density at radius 3 is 3.11 bits per heavy atom. The first-order valence-electron chi connectivity index (χ1n) is 5.75. The number of amides is 1. The van der Waals surface area contributed by atoms with Crippen molar-refractivity contribution in [2.45, 2.75) is 25.1 Å². The molecule has 0 aromatic carbocycles. The second kappa shape index (κ2) is 5.75. The molecule has 1 aromatic heterocycles. The predicted molar refractivity (Wildman–Crippen MR) is 73.0 cm³/mol. The van der Waals surface area contributed by atoms with E-state index >= 15 is 0 Å². The quantitative estimate of drug-likeness (QED) is 0.917. The summed E-state index contributed by atoms with van der Waals surface area (Å²) < 4.78 is 0. The van der Waals surface area contributed by atoms with Crippen LogP contribution in [0.25, 0.3) is 0 Å². The third-order valence-electron chi connectivity index (χ3n) is 2.96. The minimum absolute atomic E-state index is 0.0324. The molecule has 1 aliphatic heterocycles. The van der Waals surface area contributed by atoms with Crippen LogP contribution >= 0.6 is 23.1 Å². The van der Waals surface area contributed by atoms with Crippen LogP contribution in [0.4, 0.5) is 0 Å². The molecule has 0 bridgehead atoms. The molecule has 0 radical (unpaired) electrons. The van der Waals surface area contributed by atoms with Crippen molar-refractivity contribution in [3.63, 3.8) is 0 Å². The van der Waals surface area contributed by atoms with E-state index in [9.17, 15) is 9.59 Å². The Bertz CT molecular complexity index is 458. The number of rotatable bonds is 4. The zero-order valence-electron chi connectivity index (χ0n) is 10.1. The fraction of sp³-hybridized carbons (Fsp3) is 0.500. The van der Waals surface area contributed by atoms with Gasteiger partial charge in [-0.25, -0.2) is 0 Å². The minimum Gasteiger partial charge on any atom is -0.480 e. The van der Waals surface area contributed by atoms with Gasteiger partial charge in [-0.2, -0.15) is 0 Å². The van der Waals surface area contributed by atoms with Crippen LogP contribution in [0.2, 0.25) is 0 Å². The van der Waals surface area contributed by atoms with E-state index in [0.717, 1.165) is 13.0 Å². The van der Waals surface area contributed by atoms with Crippen LogP contribution < -0.4 is 0 Å². The van der Waals surface area contributed by atoms with Gasteiger partial charge in [0.05, 0.1) is 11.0 Å². The maximum atomic E-state index is 12.0. The molecule has 0 saturated heterocycles. The molecular formula is C12H15NO3S2. The number of hydrogen-bond acceptors (Lipinski definition) is 4. The van der Waals surface area contributed by atoms with E-state index in [-0.39, 0.29) is 11.7 Å². The molecule has 1 aliphatic rings. The number of nitrogens with zero attached hydrogens (tertiary/aromatic N) is 1. The van der Waals surface area contributed by atoms with Crippen molar-refractivity contribution in [3.8, 4) is 0 Å². The molecule has 6 heteroatoms. The average molecular weight is 285 g/mol. The maximum absolute atomic E-state index is 12.0. The van der Waals surface area contributed by atoms with Gasteiger partial charge >= 0.3 is 5.97 Å². The SMILES string of the molecule is CC(SCC(=O)N1CCc2sccc2C1)C(=O)O. The second-order valence-corrected chi connectivity index (χ2v) is 6.56. The lowest BCUT2D eigenvalue weighted by atomic mass is 10.1. The van der Waals surface area contributed by atoms with Crippen LogP contribution in [0.5, 0.6) is 0 Å². The van der Waals surface area contributed by atoms with Gasteiger partial charge in [0.2, 0.25) is 5.91 Å². The van der Waals surface area contributed by atoms with Gasteiger partial charge in [-0.1, -0.05) is 0 Å². The van der Waals surface area contributed by atoms with Crippen LogP contribution in [-0.4, -0.2) is 39.4 Å². The first-order valence-corrected chi connectivity index (χ1v) is 7.68. The number of fused-ring (bicyclic) bond motifs is 1. The third-order valence-corrected chi connectivity index (χ3v) is 5.10. The van der Waals surface area contributed by atoms with Crippen molar-refractivity contribution in [2.75, 3.05) is 12.3 Å². The van der Waals surface area contributed by atoms with Gasteiger partial charge < -0.3 is 10.0 Å². The van der Waals surface area contributed by atoms with Crippen molar-refractivity contribution < 1.29 is 14.7 Å². The summed E-state index contributed by atoms with van der Waals surface area (Å²) >= 11 is 2.92. The van der Waals surface area contributed by atoms with Crippen molar-refractivity contribution in [1.82, 2.24) is 4.90 Å². The van der Waals surface area contributed by atoms with E-state index in [2.05, 4.69) is 11.4 Å². The number of thiophene rings is 1. The Hall–Kier alpha value is -1.01. The number of carbonyl (C=O) groups is 2. The van der Waals surface area contributed by atoms with Crippen LogP contribution in [0.1, 0.15) is 17.4 Å². The highest BCUT2D eigenvalue weighted by molar-refractivity contribution is 8.01. The van der Waals surface area contributed by atoms with Crippen molar-refractivity contribution in [1.29, 1.82) is 0 Å². The van der Waals surface area contributed by atoms with Gasteiger partial charge in [-0.15, -0.1) is 23.1 Å². The molecule has 2 heterocycles.